The molecule has 2 heterocycles. The van der Waals surface area contributed by atoms with Crippen molar-refractivity contribution in [3.05, 3.63) is 54.1 Å². The van der Waals surface area contributed by atoms with Crippen molar-refractivity contribution in [3.8, 4) is 28.6 Å². The molecule has 0 unspecified atom stereocenters. The molecule has 1 amide bonds. The van der Waals surface area contributed by atoms with Gasteiger partial charge >= 0.3 is 0 Å². The minimum Gasteiger partial charge on any atom is -0.484 e. The van der Waals surface area contributed by atoms with Crippen molar-refractivity contribution in [1.82, 2.24) is 19.9 Å². The van der Waals surface area contributed by atoms with Gasteiger partial charge in [0.25, 0.3) is 11.8 Å². The highest BCUT2D eigenvalue weighted by Gasteiger charge is 2.22. The van der Waals surface area contributed by atoms with Gasteiger partial charge in [0.1, 0.15) is 5.75 Å². The summed E-state index contributed by atoms with van der Waals surface area (Å²) in [5, 5.41) is 4.07. The number of aromatic nitrogens is 2. The van der Waals surface area contributed by atoms with E-state index >= 15 is 0 Å². The van der Waals surface area contributed by atoms with Crippen molar-refractivity contribution in [2.45, 2.75) is 26.8 Å². The van der Waals surface area contributed by atoms with Gasteiger partial charge in [0, 0.05) is 43.3 Å². The predicted molar refractivity (Wildman–Crippen MR) is 119 cm³/mol. The number of amides is 1. The quantitative estimate of drug-likeness (QED) is 0.606. The van der Waals surface area contributed by atoms with E-state index in [1.54, 1.807) is 0 Å². The molecule has 0 saturated carbocycles. The molecule has 31 heavy (non-hydrogen) atoms. The molecule has 0 aliphatic carbocycles. The standard InChI is InChI=1S/C24H28N4O3/c1-17(2)27-12-14-28(15-13-27)22(29)16-30-21-10-8-20(9-11-21)24-25-23(26-31-24)19-6-4-18(3)5-7-19/h4-11,17H,12-16H2,1-3H3. The Morgan fingerprint density at radius 2 is 1.65 bits per heavy atom. The van der Waals surface area contributed by atoms with Gasteiger partial charge in [0.15, 0.2) is 6.61 Å². The number of ether oxygens (including phenoxy) is 1. The number of aryl methyl sites for hydroxylation is 1. The molecule has 162 valence electrons. The Morgan fingerprint density at radius 1 is 1.00 bits per heavy atom. The maximum Gasteiger partial charge on any atom is 0.260 e. The van der Waals surface area contributed by atoms with Crippen LogP contribution >= 0.6 is 0 Å². The maximum absolute atomic E-state index is 12.4. The van der Waals surface area contributed by atoms with Gasteiger partial charge < -0.3 is 14.2 Å². The third kappa shape index (κ3) is 5.11. The van der Waals surface area contributed by atoms with E-state index in [0.29, 0.717) is 23.5 Å². The number of hydrogen-bond donors (Lipinski definition) is 0. The first-order chi connectivity index (χ1) is 15.0. The fourth-order valence-corrected chi connectivity index (χ4v) is 3.58. The lowest BCUT2D eigenvalue weighted by Crippen LogP contribution is -2.51. The van der Waals surface area contributed by atoms with Crippen LogP contribution in [0.5, 0.6) is 5.75 Å². The van der Waals surface area contributed by atoms with Crippen LogP contribution in [0, 0.1) is 6.92 Å². The number of hydrogen-bond acceptors (Lipinski definition) is 6. The molecule has 3 aromatic rings. The fraction of sp³-hybridized carbons (Fsp3) is 0.375. The van der Waals surface area contributed by atoms with Crippen LogP contribution in [-0.2, 0) is 4.79 Å². The van der Waals surface area contributed by atoms with Crippen LogP contribution in [-0.4, -0.2) is 64.7 Å². The summed E-state index contributed by atoms with van der Waals surface area (Å²) in [4.78, 5) is 21.2. The second-order valence-corrected chi connectivity index (χ2v) is 8.11. The minimum atomic E-state index is 0.0205. The molecule has 0 N–H and O–H groups in total. The van der Waals surface area contributed by atoms with Crippen molar-refractivity contribution >= 4 is 5.91 Å². The summed E-state index contributed by atoms with van der Waals surface area (Å²) in [7, 11) is 0. The van der Waals surface area contributed by atoms with E-state index in [2.05, 4.69) is 28.9 Å². The molecule has 7 heteroatoms. The van der Waals surface area contributed by atoms with E-state index in [4.69, 9.17) is 9.26 Å². The maximum atomic E-state index is 12.4. The molecule has 7 nitrogen and oxygen atoms in total. The van der Waals surface area contributed by atoms with Crippen molar-refractivity contribution in [1.29, 1.82) is 0 Å². The van der Waals surface area contributed by atoms with Crippen LogP contribution in [0.3, 0.4) is 0 Å². The lowest BCUT2D eigenvalue weighted by molar-refractivity contribution is -0.135. The zero-order chi connectivity index (χ0) is 21.8. The van der Waals surface area contributed by atoms with Gasteiger partial charge in [0.2, 0.25) is 5.82 Å². The van der Waals surface area contributed by atoms with Gasteiger partial charge in [-0.2, -0.15) is 4.98 Å². The van der Waals surface area contributed by atoms with E-state index in [0.717, 1.165) is 37.3 Å². The Labute approximate surface area is 182 Å². The molecular formula is C24H28N4O3. The highest BCUT2D eigenvalue weighted by molar-refractivity contribution is 5.78. The smallest absolute Gasteiger partial charge is 0.260 e. The molecule has 1 aliphatic rings. The first-order valence-electron chi connectivity index (χ1n) is 10.7. The van der Waals surface area contributed by atoms with E-state index in [1.165, 1.54) is 5.56 Å². The Hall–Kier alpha value is -3.19. The normalized spacial score (nSPS) is 14.8. The second kappa shape index (κ2) is 9.31. The fourth-order valence-electron chi connectivity index (χ4n) is 3.58. The van der Waals surface area contributed by atoms with E-state index < -0.39 is 0 Å². The topological polar surface area (TPSA) is 71.7 Å². The van der Waals surface area contributed by atoms with Crippen molar-refractivity contribution < 1.29 is 14.1 Å². The van der Waals surface area contributed by atoms with Gasteiger partial charge in [-0.15, -0.1) is 0 Å². The van der Waals surface area contributed by atoms with Crippen LogP contribution in [0.15, 0.2) is 53.1 Å². The summed E-state index contributed by atoms with van der Waals surface area (Å²) in [6.07, 6.45) is 0. The van der Waals surface area contributed by atoms with Crippen LogP contribution in [0.25, 0.3) is 22.8 Å². The van der Waals surface area contributed by atoms with Gasteiger partial charge in [-0.05, 0) is 45.0 Å². The summed E-state index contributed by atoms with van der Waals surface area (Å²) >= 11 is 0. The molecule has 4 rings (SSSR count). The molecule has 2 aromatic carbocycles. The minimum absolute atomic E-state index is 0.0205. The molecule has 0 atom stereocenters. The molecule has 0 bridgehead atoms. The summed E-state index contributed by atoms with van der Waals surface area (Å²) in [5.74, 6) is 1.66. The largest absolute Gasteiger partial charge is 0.484 e. The lowest BCUT2D eigenvalue weighted by Gasteiger charge is -2.36. The summed E-state index contributed by atoms with van der Waals surface area (Å²) in [6.45, 7) is 9.76. The monoisotopic (exact) mass is 420 g/mol. The number of carbonyl (C=O) groups is 1. The van der Waals surface area contributed by atoms with Gasteiger partial charge in [-0.25, -0.2) is 0 Å². The Bertz CT molecular complexity index is 1000. The SMILES string of the molecule is Cc1ccc(-c2noc(-c3ccc(OCC(=O)N4CCN(C(C)C)CC4)cc3)n2)cc1. The third-order valence-corrected chi connectivity index (χ3v) is 5.60. The zero-order valence-electron chi connectivity index (χ0n) is 18.2. The number of rotatable bonds is 6. The van der Waals surface area contributed by atoms with Gasteiger partial charge in [0.05, 0.1) is 0 Å². The van der Waals surface area contributed by atoms with Crippen LogP contribution in [0.2, 0.25) is 0 Å². The van der Waals surface area contributed by atoms with Crippen molar-refractivity contribution in [3.63, 3.8) is 0 Å². The molecule has 1 aromatic heterocycles. The third-order valence-electron chi connectivity index (χ3n) is 5.60. The Kier molecular flexibility index (Phi) is 6.32. The van der Waals surface area contributed by atoms with E-state index in [1.807, 2.05) is 60.4 Å². The highest BCUT2D eigenvalue weighted by atomic mass is 16.5. The number of nitrogens with zero attached hydrogens (tertiary/aromatic N) is 4. The predicted octanol–water partition coefficient (Wildman–Crippen LogP) is 3.64. The number of benzene rings is 2. The average molecular weight is 421 g/mol. The van der Waals surface area contributed by atoms with E-state index in [-0.39, 0.29) is 12.5 Å². The molecule has 1 aliphatic heterocycles. The molecule has 0 radical (unpaired) electrons. The first-order valence-corrected chi connectivity index (χ1v) is 10.7. The van der Waals surface area contributed by atoms with Gasteiger partial charge in [-0.1, -0.05) is 35.0 Å². The number of piperazine rings is 1. The molecule has 1 fully saturated rings. The lowest BCUT2D eigenvalue weighted by atomic mass is 10.1. The first kappa shape index (κ1) is 21.1. The van der Waals surface area contributed by atoms with Crippen molar-refractivity contribution in [2.75, 3.05) is 32.8 Å². The van der Waals surface area contributed by atoms with Crippen molar-refractivity contribution in [2.24, 2.45) is 0 Å². The highest BCUT2D eigenvalue weighted by Crippen LogP contribution is 2.24. The van der Waals surface area contributed by atoms with Crippen LogP contribution in [0.4, 0.5) is 0 Å². The molecule has 1 saturated heterocycles. The Balaban J connectivity index is 1.32. The van der Waals surface area contributed by atoms with Gasteiger partial charge in [-0.3, -0.25) is 9.69 Å². The van der Waals surface area contributed by atoms with Crippen LogP contribution in [0.1, 0.15) is 19.4 Å². The van der Waals surface area contributed by atoms with Crippen LogP contribution < -0.4 is 4.74 Å². The average Bonchev–Trinajstić information content (AvgIpc) is 3.28. The second-order valence-electron chi connectivity index (χ2n) is 8.11. The molecular weight excluding hydrogens is 392 g/mol. The summed E-state index contributed by atoms with van der Waals surface area (Å²) < 4.78 is 11.1. The molecule has 0 spiro atoms. The summed E-state index contributed by atoms with van der Waals surface area (Å²) in [5.41, 5.74) is 2.89. The van der Waals surface area contributed by atoms with E-state index in [9.17, 15) is 4.79 Å². The number of carbonyl (C=O) groups excluding carboxylic acids is 1. The Morgan fingerprint density at radius 3 is 2.29 bits per heavy atom. The zero-order valence-corrected chi connectivity index (χ0v) is 18.2. The summed E-state index contributed by atoms with van der Waals surface area (Å²) in [6, 6.07) is 15.8.